The van der Waals surface area contributed by atoms with Gasteiger partial charge in [-0.15, -0.1) is 0 Å². The molecule has 0 saturated carbocycles. The van der Waals surface area contributed by atoms with Crippen LogP contribution in [0.2, 0.25) is 0 Å². The van der Waals surface area contributed by atoms with Crippen LogP contribution in [0.5, 0.6) is 5.75 Å². The van der Waals surface area contributed by atoms with Crippen molar-refractivity contribution in [3.63, 3.8) is 0 Å². The number of ether oxygens (including phenoxy) is 1. The van der Waals surface area contributed by atoms with Gasteiger partial charge in [0, 0.05) is 22.8 Å². The molecule has 1 unspecified atom stereocenters. The second-order valence-electron chi connectivity index (χ2n) is 5.52. The highest BCUT2D eigenvalue weighted by atomic mass is 32.2. The van der Waals surface area contributed by atoms with E-state index in [9.17, 15) is 14.4 Å². The summed E-state index contributed by atoms with van der Waals surface area (Å²) in [4.78, 5) is 34.5. The van der Waals surface area contributed by atoms with Crippen LogP contribution in [0.1, 0.15) is 11.1 Å². The summed E-state index contributed by atoms with van der Waals surface area (Å²) in [6, 6.07) is 3.88. The Morgan fingerprint density at radius 1 is 1.36 bits per heavy atom. The summed E-state index contributed by atoms with van der Waals surface area (Å²) in [5, 5.41) is 12.2. The smallest absolute Gasteiger partial charge is 0.336 e. The Labute approximate surface area is 148 Å². The molecule has 0 fully saturated rings. The molecule has 0 bridgehead atoms. The van der Waals surface area contributed by atoms with Crippen molar-refractivity contribution in [2.45, 2.75) is 19.9 Å². The minimum absolute atomic E-state index is 0.264. The minimum atomic E-state index is -1.10. The third-order valence-corrected chi connectivity index (χ3v) is 4.31. The molecule has 2 N–H and O–H groups in total. The number of carbonyl (C=O) groups is 2. The molecule has 2 aromatic rings. The molecule has 25 heavy (non-hydrogen) atoms. The van der Waals surface area contributed by atoms with Crippen LogP contribution in [0.3, 0.4) is 0 Å². The van der Waals surface area contributed by atoms with E-state index in [1.165, 1.54) is 17.8 Å². The number of carbonyl (C=O) groups excluding carboxylic acids is 1. The third kappa shape index (κ3) is 4.54. The first-order valence-electron chi connectivity index (χ1n) is 7.51. The maximum Gasteiger partial charge on any atom is 0.336 e. The van der Waals surface area contributed by atoms with E-state index in [-0.39, 0.29) is 12.4 Å². The van der Waals surface area contributed by atoms with E-state index < -0.39 is 23.5 Å². The molecular formula is C17H19NO6S. The number of fused-ring (bicyclic) bond motifs is 1. The van der Waals surface area contributed by atoms with Gasteiger partial charge in [-0.25, -0.2) is 9.59 Å². The molecule has 0 spiro atoms. The normalized spacial score (nSPS) is 12.0. The zero-order valence-corrected chi connectivity index (χ0v) is 14.9. The van der Waals surface area contributed by atoms with Crippen LogP contribution in [0, 0.1) is 13.8 Å². The number of carboxylic acids is 1. The molecule has 0 saturated heterocycles. The number of benzene rings is 1. The Bertz CT molecular complexity index is 860. The maximum atomic E-state index is 11.9. The number of aryl methyl sites for hydroxylation is 2. The summed E-state index contributed by atoms with van der Waals surface area (Å²) < 4.78 is 10.7. The monoisotopic (exact) mass is 365 g/mol. The van der Waals surface area contributed by atoms with Gasteiger partial charge in [0.25, 0.3) is 5.91 Å². The van der Waals surface area contributed by atoms with Crippen LogP contribution in [0.4, 0.5) is 0 Å². The zero-order chi connectivity index (χ0) is 18.6. The molecule has 1 heterocycles. The minimum Gasteiger partial charge on any atom is -0.483 e. The first kappa shape index (κ1) is 18.9. The number of hydrogen-bond donors (Lipinski definition) is 2. The lowest BCUT2D eigenvalue weighted by Gasteiger charge is -2.15. The number of hydrogen-bond acceptors (Lipinski definition) is 6. The van der Waals surface area contributed by atoms with Crippen molar-refractivity contribution in [2.24, 2.45) is 0 Å². The van der Waals surface area contributed by atoms with Gasteiger partial charge in [-0.05, 0) is 37.8 Å². The van der Waals surface area contributed by atoms with Gasteiger partial charge in [-0.2, -0.15) is 11.8 Å². The van der Waals surface area contributed by atoms with E-state index in [4.69, 9.17) is 14.3 Å². The molecule has 1 atom stereocenters. The third-order valence-electron chi connectivity index (χ3n) is 3.64. The van der Waals surface area contributed by atoms with Gasteiger partial charge in [0.2, 0.25) is 0 Å². The van der Waals surface area contributed by atoms with Gasteiger partial charge in [0.1, 0.15) is 17.4 Å². The number of aliphatic carboxylic acids is 1. The number of nitrogens with one attached hydrogen (secondary N) is 1. The number of thioether (sulfide) groups is 1. The van der Waals surface area contributed by atoms with Gasteiger partial charge >= 0.3 is 11.6 Å². The fourth-order valence-corrected chi connectivity index (χ4v) is 2.94. The zero-order valence-electron chi connectivity index (χ0n) is 14.1. The molecule has 0 radical (unpaired) electrons. The summed E-state index contributed by atoms with van der Waals surface area (Å²) in [6.07, 6.45) is 1.76. The van der Waals surface area contributed by atoms with Crippen LogP contribution in [0.25, 0.3) is 11.0 Å². The van der Waals surface area contributed by atoms with E-state index >= 15 is 0 Å². The predicted molar refractivity (Wildman–Crippen MR) is 95.4 cm³/mol. The molecule has 0 aliphatic heterocycles. The number of rotatable bonds is 7. The molecular weight excluding hydrogens is 346 g/mol. The van der Waals surface area contributed by atoms with Crippen LogP contribution in [-0.2, 0) is 9.59 Å². The number of amides is 1. The number of carboxylic acid groups (broad SMARTS) is 1. The Morgan fingerprint density at radius 3 is 2.72 bits per heavy atom. The molecule has 0 aliphatic rings. The molecule has 134 valence electrons. The van der Waals surface area contributed by atoms with Gasteiger partial charge < -0.3 is 19.6 Å². The quantitative estimate of drug-likeness (QED) is 0.720. The summed E-state index contributed by atoms with van der Waals surface area (Å²) >= 11 is 1.32. The molecule has 8 heteroatoms. The van der Waals surface area contributed by atoms with E-state index in [1.54, 1.807) is 25.3 Å². The first-order valence-corrected chi connectivity index (χ1v) is 8.90. The van der Waals surface area contributed by atoms with Crippen molar-refractivity contribution >= 4 is 34.6 Å². The van der Waals surface area contributed by atoms with Gasteiger partial charge in [-0.3, -0.25) is 4.79 Å². The molecule has 1 aromatic heterocycles. The molecule has 0 aliphatic carbocycles. The molecule has 1 amide bonds. The van der Waals surface area contributed by atoms with Gasteiger partial charge in [0.15, 0.2) is 6.61 Å². The van der Waals surface area contributed by atoms with Crippen LogP contribution in [-0.4, -0.2) is 41.6 Å². The van der Waals surface area contributed by atoms with Crippen LogP contribution in [0.15, 0.2) is 27.4 Å². The summed E-state index contributed by atoms with van der Waals surface area (Å²) in [6.45, 7) is 3.21. The van der Waals surface area contributed by atoms with Crippen LogP contribution < -0.4 is 15.7 Å². The Kier molecular flexibility index (Phi) is 6.08. The first-order chi connectivity index (χ1) is 11.8. The SMILES string of the molecule is CSCC(NC(=O)COc1ccc2c(C)cc(=O)oc2c1C)C(=O)O. The Hall–Kier alpha value is -2.48. The second kappa shape index (κ2) is 8.06. The maximum absolute atomic E-state index is 11.9. The summed E-state index contributed by atoms with van der Waals surface area (Å²) in [5.74, 6) is -0.970. The largest absolute Gasteiger partial charge is 0.483 e. The highest BCUT2D eigenvalue weighted by molar-refractivity contribution is 7.98. The average molecular weight is 365 g/mol. The van der Waals surface area contributed by atoms with Crippen molar-refractivity contribution in [1.82, 2.24) is 5.32 Å². The second-order valence-corrected chi connectivity index (χ2v) is 6.43. The van der Waals surface area contributed by atoms with Gasteiger partial charge in [-0.1, -0.05) is 0 Å². The summed E-state index contributed by atoms with van der Waals surface area (Å²) in [5.41, 5.74) is 1.35. The van der Waals surface area contributed by atoms with Crippen molar-refractivity contribution in [3.8, 4) is 5.75 Å². The lowest BCUT2D eigenvalue weighted by molar-refractivity contribution is -0.141. The van der Waals surface area contributed by atoms with Crippen molar-refractivity contribution in [3.05, 3.63) is 39.7 Å². The topological polar surface area (TPSA) is 106 Å². The van der Waals surface area contributed by atoms with E-state index in [2.05, 4.69) is 5.32 Å². The Balaban J connectivity index is 2.13. The van der Waals surface area contributed by atoms with E-state index in [0.717, 1.165) is 10.9 Å². The lowest BCUT2D eigenvalue weighted by Crippen LogP contribution is -2.44. The average Bonchev–Trinajstić information content (AvgIpc) is 2.54. The summed E-state index contributed by atoms with van der Waals surface area (Å²) in [7, 11) is 0. The highest BCUT2D eigenvalue weighted by Crippen LogP contribution is 2.28. The van der Waals surface area contributed by atoms with E-state index in [1.807, 2.05) is 6.92 Å². The van der Waals surface area contributed by atoms with E-state index in [0.29, 0.717) is 16.9 Å². The fraction of sp³-hybridized carbons (Fsp3) is 0.353. The van der Waals surface area contributed by atoms with Crippen molar-refractivity contribution in [1.29, 1.82) is 0 Å². The van der Waals surface area contributed by atoms with Gasteiger partial charge in [0.05, 0.1) is 0 Å². The van der Waals surface area contributed by atoms with Crippen molar-refractivity contribution < 1.29 is 23.8 Å². The predicted octanol–water partition coefficient (Wildman–Crippen LogP) is 1.72. The standard InChI is InChI=1S/C17H19NO6S/c1-9-6-15(20)24-16-10(2)13(5-4-11(9)16)23-7-14(19)18-12(8-25-3)17(21)22/h4-6,12H,7-8H2,1-3H3,(H,18,19)(H,21,22). The Morgan fingerprint density at radius 2 is 2.08 bits per heavy atom. The van der Waals surface area contributed by atoms with Crippen molar-refractivity contribution in [2.75, 3.05) is 18.6 Å². The molecule has 2 rings (SSSR count). The lowest BCUT2D eigenvalue weighted by atomic mass is 10.1. The fourth-order valence-electron chi connectivity index (χ4n) is 2.38. The van der Waals surface area contributed by atoms with Crippen LogP contribution >= 0.6 is 11.8 Å². The molecule has 1 aromatic carbocycles. The highest BCUT2D eigenvalue weighted by Gasteiger charge is 2.19. The molecule has 7 nitrogen and oxygen atoms in total.